The van der Waals surface area contributed by atoms with Crippen molar-refractivity contribution in [2.45, 2.75) is 39.3 Å². The number of methoxy groups -OCH3 is 1. The van der Waals surface area contributed by atoms with Gasteiger partial charge in [-0.3, -0.25) is 0 Å². The third-order valence-electron chi connectivity index (χ3n) is 3.79. The fourth-order valence-electron chi connectivity index (χ4n) is 2.32. The van der Waals surface area contributed by atoms with Crippen LogP contribution < -0.4 is 0 Å². The van der Waals surface area contributed by atoms with E-state index in [1.807, 2.05) is 25.1 Å². The Kier molecular flexibility index (Phi) is 3.59. The van der Waals surface area contributed by atoms with Gasteiger partial charge in [0.15, 0.2) is 0 Å². The Morgan fingerprint density at radius 3 is 2.68 bits per heavy atom. The van der Waals surface area contributed by atoms with Crippen LogP contribution in [0.25, 0.3) is 11.0 Å². The first kappa shape index (κ1) is 13.6. The minimum Gasteiger partial charge on any atom is -0.371 e. The highest BCUT2D eigenvalue weighted by atomic mass is 16.5. The second kappa shape index (κ2) is 5.02. The number of ether oxygens (including phenoxy) is 1. The average Bonchev–Trinajstić information content (AvgIpc) is 2.84. The molecule has 0 saturated carbocycles. The normalized spacial score (nSPS) is 14.3. The number of rotatable bonds is 4. The van der Waals surface area contributed by atoms with Crippen LogP contribution in [0.3, 0.4) is 0 Å². The first-order chi connectivity index (χ1) is 9.09. The molecule has 1 aromatic heterocycles. The van der Waals surface area contributed by atoms with E-state index >= 15 is 0 Å². The van der Waals surface area contributed by atoms with Crippen molar-refractivity contribution in [3.63, 3.8) is 0 Å². The molecule has 4 nitrogen and oxygen atoms in total. The summed E-state index contributed by atoms with van der Waals surface area (Å²) in [5.41, 5.74) is 2.14. The van der Waals surface area contributed by atoms with Crippen LogP contribution in [0.5, 0.6) is 0 Å². The van der Waals surface area contributed by atoms with E-state index in [2.05, 4.69) is 24.5 Å². The molecule has 0 amide bonds. The Morgan fingerprint density at radius 1 is 1.42 bits per heavy atom. The Balaban J connectivity index is 2.72. The predicted octanol–water partition coefficient (Wildman–Crippen LogP) is 3.20. The van der Waals surface area contributed by atoms with Gasteiger partial charge < -0.3 is 9.30 Å². The molecule has 0 radical (unpaired) electrons. The van der Waals surface area contributed by atoms with E-state index in [1.54, 1.807) is 7.11 Å². The van der Waals surface area contributed by atoms with Crippen LogP contribution in [0, 0.1) is 11.3 Å². The highest BCUT2D eigenvalue weighted by Crippen LogP contribution is 2.30. The predicted molar refractivity (Wildman–Crippen MR) is 74.8 cm³/mol. The van der Waals surface area contributed by atoms with Gasteiger partial charge in [0.25, 0.3) is 0 Å². The molecule has 0 aliphatic rings. The molecule has 2 aromatic rings. The highest BCUT2D eigenvalue weighted by Gasteiger charge is 2.30. The zero-order chi connectivity index (χ0) is 14.0. The quantitative estimate of drug-likeness (QED) is 0.845. The van der Waals surface area contributed by atoms with E-state index < -0.39 is 5.60 Å². The molecule has 1 atom stereocenters. The van der Waals surface area contributed by atoms with Crippen molar-refractivity contribution in [1.82, 2.24) is 9.55 Å². The van der Waals surface area contributed by atoms with Crippen molar-refractivity contribution in [1.29, 1.82) is 5.26 Å². The van der Waals surface area contributed by atoms with Crippen molar-refractivity contribution < 1.29 is 4.74 Å². The lowest BCUT2D eigenvalue weighted by molar-refractivity contribution is -0.0112. The molecule has 0 N–H and O–H groups in total. The van der Waals surface area contributed by atoms with Crippen LogP contribution in [0.1, 0.15) is 38.6 Å². The van der Waals surface area contributed by atoms with Gasteiger partial charge in [-0.25, -0.2) is 4.98 Å². The number of hydrogen-bond donors (Lipinski definition) is 0. The minimum absolute atomic E-state index is 0.401. The van der Waals surface area contributed by atoms with Gasteiger partial charge in [0.05, 0.1) is 22.7 Å². The summed E-state index contributed by atoms with van der Waals surface area (Å²) in [7, 11) is 1.71. The second-order valence-electron chi connectivity index (χ2n) is 4.78. The number of fused-ring (bicyclic) bond motifs is 1. The van der Waals surface area contributed by atoms with E-state index in [4.69, 9.17) is 15.0 Å². The zero-order valence-electron chi connectivity index (χ0n) is 11.9. The molecule has 0 aliphatic carbocycles. The first-order valence-corrected chi connectivity index (χ1v) is 6.55. The summed E-state index contributed by atoms with van der Waals surface area (Å²) in [5, 5.41) is 8.97. The lowest BCUT2D eigenvalue weighted by Crippen LogP contribution is -2.27. The number of imidazole rings is 1. The monoisotopic (exact) mass is 257 g/mol. The van der Waals surface area contributed by atoms with Gasteiger partial charge in [0.1, 0.15) is 11.4 Å². The van der Waals surface area contributed by atoms with Gasteiger partial charge in [-0.1, -0.05) is 6.92 Å². The van der Waals surface area contributed by atoms with Crippen LogP contribution in [-0.4, -0.2) is 16.7 Å². The summed E-state index contributed by atoms with van der Waals surface area (Å²) < 4.78 is 7.81. The molecule has 1 heterocycles. The van der Waals surface area contributed by atoms with Crippen molar-refractivity contribution in [3.05, 3.63) is 29.6 Å². The van der Waals surface area contributed by atoms with E-state index in [0.717, 1.165) is 29.8 Å². The number of benzene rings is 1. The number of aromatic nitrogens is 2. The summed E-state index contributed by atoms with van der Waals surface area (Å²) in [6.45, 7) is 7.06. The molecule has 1 aromatic carbocycles. The van der Waals surface area contributed by atoms with Crippen molar-refractivity contribution >= 4 is 11.0 Å². The van der Waals surface area contributed by atoms with Gasteiger partial charge >= 0.3 is 0 Å². The highest BCUT2D eigenvalue weighted by molar-refractivity contribution is 5.78. The van der Waals surface area contributed by atoms with Gasteiger partial charge in [0, 0.05) is 13.7 Å². The fraction of sp³-hybridized carbons (Fsp3) is 0.467. The molecule has 0 saturated heterocycles. The molecule has 0 aliphatic heterocycles. The summed E-state index contributed by atoms with van der Waals surface area (Å²) in [4.78, 5) is 4.69. The van der Waals surface area contributed by atoms with Crippen LogP contribution in [0.2, 0.25) is 0 Å². The lowest BCUT2D eigenvalue weighted by Gasteiger charge is -2.26. The molecule has 0 spiro atoms. The summed E-state index contributed by atoms with van der Waals surface area (Å²) in [5.74, 6) is 0.921. The van der Waals surface area contributed by atoms with Crippen LogP contribution in [-0.2, 0) is 16.9 Å². The third-order valence-corrected chi connectivity index (χ3v) is 3.79. The van der Waals surface area contributed by atoms with E-state index in [1.165, 1.54) is 0 Å². The molecule has 0 fully saturated rings. The molecule has 0 bridgehead atoms. The first-order valence-electron chi connectivity index (χ1n) is 6.55. The smallest absolute Gasteiger partial charge is 0.141 e. The molecule has 2 rings (SSSR count). The van der Waals surface area contributed by atoms with Gasteiger partial charge in [-0.15, -0.1) is 0 Å². The Hall–Kier alpha value is -1.86. The van der Waals surface area contributed by atoms with Gasteiger partial charge in [-0.05, 0) is 38.5 Å². The van der Waals surface area contributed by atoms with E-state index in [-0.39, 0.29) is 0 Å². The van der Waals surface area contributed by atoms with Crippen molar-refractivity contribution in [3.8, 4) is 6.07 Å². The summed E-state index contributed by atoms with van der Waals surface area (Å²) in [6, 6.07) is 7.77. The van der Waals surface area contributed by atoms with E-state index in [9.17, 15) is 0 Å². The molecular weight excluding hydrogens is 238 g/mol. The summed E-state index contributed by atoms with van der Waals surface area (Å²) in [6.07, 6.45) is 0.845. The molecular formula is C15H19N3O. The number of aryl methyl sites for hydroxylation is 1. The van der Waals surface area contributed by atoms with Crippen molar-refractivity contribution in [2.24, 2.45) is 0 Å². The van der Waals surface area contributed by atoms with Crippen LogP contribution in [0.4, 0.5) is 0 Å². The second-order valence-corrected chi connectivity index (χ2v) is 4.78. The van der Waals surface area contributed by atoms with Crippen molar-refractivity contribution in [2.75, 3.05) is 7.11 Å². The topological polar surface area (TPSA) is 50.8 Å². The lowest BCUT2D eigenvalue weighted by atomic mass is 10.0. The zero-order valence-corrected chi connectivity index (χ0v) is 11.9. The summed E-state index contributed by atoms with van der Waals surface area (Å²) >= 11 is 0. The Bertz CT molecular complexity index is 633. The largest absolute Gasteiger partial charge is 0.371 e. The third kappa shape index (κ3) is 2.11. The Labute approximate surface area is 113 Å². The standard InChI is InChI=1S/C15H19N3O/c1-5-15(3,19-4)14-17-12-9-11(10-16)7-8-13(12)18(14)6-2/h7-9H,5-6H2,1-4H3. The van der Waals surface area contributed by atoms with Gasteiger partial charge in [0.2, 0.25) is 0 Å². The maximum Gasteiger partial charge on any atom is 0.141 e. The number of nitriles is 1. The maximum atomic E-state index is 8.97. The number of hydrogen-bond acceptors (Lipinski definition) is 3. The Morgan fingerprint density at radius 2 is 2.16 bits per heavy atom. The molecule has 1 unspecified atom stereocenters. The SMILES string of the molecule is CCn1c(C(C)(CC)OC)nc2cc(C#N)ccc21. The average molecular weight is 257 g/mol. The van der Waals surface area contributed by atoms with Crippen LogP contribution in [0.15, 0.2) is 18.2 Å². The van der Waals surface area contributed by atoms with E-state index in [0.29, 0.717) is 5.56 Å². The van der Waals surface area contributed by atoms with Gasteiger partial charge in [-0.2, -0.15) is 5.26 Å². The molecule has 19 heavy (non-hydrogen) atoms. The van der Waals surface area contributed by atoms with Crippen LogP contribution >= 0.6 is 0 Å². The number of nitrogens with zero attached hydrogens (tertiary/aromatic N) is 3. The molecule has 4 heteroatoms. The fourth-order valence-corrected chi connectivity index (χ4v) is 2.32. The minimum atomic E-state index is -0.401. The maximum absolute atomic E-state index is 8.97. The molecule has 100 valence electrons.